The normalized spacial score (nSPS) is 27.7. The lowest BCUT2D eigenvalue weighted by Gasteiger charge is -2.16. The summed E-state index contributed by atoms with van der Waals surface area (Å²) in [5.74, 6) is 0.254. The Morgan fingerprint density at radius 1 is 1.44 bits per heavy atom. The number of rotatable bonds is 7. The lowest BCUT2D eigenvalue weighted by atomic mass is 10.2. The average molecular weight is 401 g/mol. The fourth-order valence-corrected chi connectivity index (χ4v) is 4.63. The molecular weight excluding hydrogens is 378 g/mol. The SMILES string of the molecule is C[S+](CC[C@H](N)C(=O)O)C[C@H]1O[14C@@H](n2cnc3c(N)ncnc32)[C@H](O)[C@@H]1O. The summed E-state index contributed by atoms with van der Waals surface area (Å²) in [6.45, 7) is 0. The van der Waals surface area contributed by atoms with Gasteiger partial charge in [0.15, 0.2) is 17.7 Å². The minimum Gasteiger partial charge on any atom is -0.480 e. The van der Waals surface area contributed by atoms with Crippen molar-refractivity contribution < 1.29 is 24.9 Å². The number of aromatic nitrogens is 4. The number of carboxylic acid groups (broad SMARTS) is 1. The molecule has 3 rings (SSSR count). The molecule has 1 aliphatic rings. The van der Waals surface area contributed by atoms with Crippen molar-refractivity contribution in [1.29, 1.82) is 0 Å². The van der Waals surface area contributed by atoms with Crippen LogP contribution in [0.3, 0.4) is 0 Å². The van der Waals surface area contributed by atoms with E-state index >= 15 is 0 Å². The van der Waals surface area contributed by atoms with Crippen molar-refractivity contribution in [2.45, 2.75) is 37.0 Å². The number of hydrogen-bond acceptors (Lipinski definition) is 9. The van der Waals surface area contributed by atoms with Crippen LogP contribution in [0.2, 0.25) is 0 Å². The Morgan fingerprint density at radius 3 is 2.89 bits per heavy atom. The molecule has 6 atom stereocenters. The fourth-order valence-electron chi connectivity index (χ4n) is 2.97. The third-order valence-corrected chi connectivity index (χ3v) is 6.37. The second kappa shape index (κ2) is 7.94. The predicted molar refractivity (Wildman–Crippen MR) is 98.9 cm³/mol. The van der Waals surface area contributed by atoms with Gasteiger partial charge in [0, 0.05) is 6.42 Å². The Kier molecular flexibility index (Phi) is 5.81. The molecular formula is C15H23N6O5S+. The van der Waals surface area contributed by atoms with Crippen molar-refractivity contribution >= 4 is 33.8 Å². The number of nitrogens with zero attached hydrogens (tertiary/aromatic N) is 4. The Hall–Kier alpha value is -1.99. The van der Waals surface area contributed by atoms with Gasteiger partial charge in [0.2, 0.25) is 0 Å². The van der Waals surface area contributed by atoms with Gasteiger partial charge in [-0.05, 0) is 10.9 Å². The third kappa shape index (κ3) is 3.99. The summed E-state index contributed by atoms with van der Waals surface area (Å²) in [5, 5.41) is 29.7. The number of imidazole rings is 1. The van der Waals surface area contributed by atoms with E-state index in [1.807, 2.05) is 6.26 Å². The van der Waals surface area contributed by atoms with Gasteiger partial charge in [0.25, 0.3) is 0 Å². The summed E-state index contributed by atoms with van der Waals surface area (Å²) in [4.78, 5) is 23.0. The van der Waals surface area contributed by atoms with E-state index in [0.717, 1.165) is 0 Å². The lowest BCUT2D eigenvalue weighted by Crippen LogP contribution is -2.37. The van der Waals surface area contributed by atoms with Crippen molar-refractivity contribution in [3.63, 3.8) is 0 Å². The van der Waals surface area contributed by atoms with Crippen LogP contribution < -0.4 is 11.5 Å². The predicted octanol–water partition coefficient (Wildman–Crippen LogP) is -1.92. The molecule has 0 amide bonds. The zero-order chi connectivity index (χ0) is 19.7. The molecule has 0 spiro atoms. The van der Waals surface area contributed by atoms with E-state index in [9.17, 15) is 15.0 Å². The van der Waals surface area contributed by atoms with Crippen LogP contribution in [0.5, 0.6) is 0 Å². The van der Waals surface area contributed by atoms with Gasteiger partial charge in [0.1, 0.15) is 47.7 Å². The van der Waals surface area contributed by atoms with Gasteiger partial charge in [-0.15, -0.1) is 0 Å². The van der Waals surface area contributed by atoms with Crippen LogP contribution in [0.4, 0.5) is 5.82 Å². The minimum atomic E-state index is -1.16. The van der Waals surface area contributed by atoms with Crippen LogP contribution >= 0.6 is 0 Å². The van der Waals surface area contributed by atoms with E-state index in [4.69, 9.17) is 21.3 Å². The van der Waals surface area contributed by atoms with Gasteiger partial charge in [-0.3, -0.25) is 9.36 Å². The average Bonchev–Trinajstić information content (AvgIpc) is 3.17. The number of aliphatic hydroxyl groups excluding tert-OH is 2. The number of nitrogens with two attached hydrogens (primary N) is 2. The maximum absolute atomic E-state index is 10.8. The smallest absolute Gasteiger partial charge is 0.320 e. The van der Waals surface area contributed by atoms with Crippen LogP contribution in [0.1, 0.15) is 12.6 Å². The van der Waals surface area contributed by atoms with E-state index in [1.165, 1.54) is 17.2 Å². The van der Waals surface area contributed by atoms with Gasteiger partial charge in [-0.25, -0.2) is 15.0 Å². The Bertz CT molecular complexity index is 819. The first-order valence-electron chi connectivity index (χ1n) is 8.31. The molecule has 0 aromatic carbocycles. The minimum absolute atomic E-state index is 0.216. The largest absolute Gasteiger partial charge is 0.480 e. The van der Waals surface area contributed by atoms with Gasteiger partial charge in [-0.2, -0.15) is 0 Å². The number of ether oxygens (including phenoxy) is 1. The van der Waals surface area contributed by atoms with Crippen LogP contribution in [-0.2, 0) is 20.4 Å². The van der Waals surface area contributed by atoms with Crippen LogP contribution in [0.15, 0.2) is 12.7 Å². The molecule has 2 aromatic heterocycles. The number of aliphatic hydroxyl groups is 2. The highest BCUT2D eigenvalue weighted by molar-refractivity contribution is 7.96. The maximum Gasteiger partial charge on any atom is 0.320 e. The van der Waals surface area contributed by atoms with Crippen LogP contribution in [0, 0.1) is 0 Å². The first kappa shape index (κ1) is 19.8. The molecule has 3 heterocycles. The number of hydrogen-bond donors (Lipinski definition) is 5. The summed E-state index contributed by atoms with van der Waals surface area (Å²) >= 11 is 0. The molecule has 1 saturated heterocycles. The van der Waals surface area contributed by atoms with E-state index in [-0.39, 0.29) is 16.7 Å². The van der Waals surface area contributed by atoms with E-state index in [2.05, 4.69) is 15.0 Å². The maximum atomic E-state index is 10.8. The van der Waals surface area contributed by atoms with Crippen molar-refractivity contribution in [2.75, 3.05) is 23.5 Å². The number of anilines is 1. The van der Waals surface area contributed by atoms with E-state index < -0.39 is 36.6 Å². The highest BCUT2D eigenvalue weighted by atomic mass is 32.2. The Morgan fingerprint density at radius 2 is 2.19 bits per heavy atom. The number of nitrogen functional groups attached to an aromatic ring is 1. The van der Waals surface area contributed by atoms with Crippen LogP contribution in [0.25, 0.3) is 11.2 Å². The quantitative estimate of drug-likeness (QED) is 0.328. The number of aliphatic carboxylic acids is 1. The van der Waals surface area contributed by atoms with E-state index in [1.54, 1.807) is 0 Å². The second-order valence-electron chi connectivity index (χ2n) is 6.51. The molecule has 1 aliphatic heterocycles. The first-order chi connectivity index (χ1) is 12.8. The van der Waals surface area contributed by atoms with Gasteiger partial charge in [-0.1, -0.05) is 0 Å². The molecule has 1 unspecified atom stereocenters. The summed E-state index contributed by atoms with van der Waals surface area (Å²) < 4.78 is 7.41. The van der Waals surface area contributed by atoms with Crippen molar-refractivity contribution in [1.82, 2.24) is 19.5 Å². The molecule has 1 fully saturated rings. The molecule has 0 bridgehead atoms. The molecule has 0 radical (unpaired) electrons. The summed E-state index contributed by atoms with van der Waals surface area (Å²) in [7, 11) is -0.235. The van der Waals surface area contributed by atoms with Gasteiger partial charge < -0.3 is 31.5 Å². The third-order valence-electron chi connectivity index (χ3n) is 4.54. The zero-order valence-corrected chi connectivity index (χ0v) is 15.5. The molecule has 2 aromatic rings. The molecule has 11 nitrogen and oxygen atoms in total. The van der Waals surface area contributed by atoms with Gasteiger partial charge in [0.05, 0.1) is 12.6 Å². The lowest BCUT2D eigenvalue weighted by molar-refractivity contribution is -0.138. The Labute approximate surface area is 157 Å². The molecule has 0 saturated carbocycles. The topological polar surface area (TPSA) is 183 Å². The zero-order valence-electron chi connectivity index (χ0n) is 14.7. The van der Waals surface area contributed by atoms with E-state index in [0.29, 0.717) is 29.1 Å². The molecule has 0 aliphatic carbocycles. The highest BCUT2D eigenvalue weighted by Crippen LogP contribution is 2.32. The summed E-state index contributed by atoms with van der Waals surface area (Å²) in [6, 6.07) is -0.907. The van der Waals surface area contributed by atoms with Crippen LogP contribution in [-0.4, -0.2) is 82.9 Å². The number of carboxylic acids is 1. The molecule has 7 N–H and O–H groups in total. The summed E-state index contributed by atoms with van der Waals surface area (Å²) in [5.41, 5.74) is 12.1. The highest BCUT2D eigenvalue weighted by Gasteiger charge is 2.46. The monoisotopic (exact) mass is 401 g/mol. The molecule has 12 heteroatoms. The molecule has 27 heavy (non-hydrogen) atoms. The summed E-state index contributed by atoms with van der Waals surface area (Å²) in [6.07, 6.45) is 1.31. The van der Waals surface area contributed by atoms with Gasteiger partial charge >= 0.3 is 5.97 Å². The first-order valence-corrected chi connectivity index (χ1v) is 10.3. The second-order valence-corrected chi connectivity index (χ2v) is 8.82. The number of fused-ring (bicyclic) bond motifs is 1. The van der Waals surface area contributed by atoms with Crippen molar-refractivity contribution in [2.24, 2.45) is 5.73 Å². The number of carbonyl (C=O) groups is 1. The van der Waals surface area contributed by atoms with Crippen molar-refractivity contribution in [3.05, 3.63) is 12.7 Å². The Balaban J connectivity index is 1.68. The molecule has 148 valence electrons. The van der Waals surface area contributed by atoms with Crippen molar-refractivity contribution in [3.8, 4) is 0 Å². The fraction of sp³-hybridized carbons (Fsp3) is 0.600. The standard InChI is InChI=1S/C15H22N6O5S/c1-27(3-2-7(16)15(24)25)4-8-10(22)11(23)14(26-8)21-6-20-9-12(17)18-5-19-13(9)21/h5-8,10-11,14,22-23H,2-4,16H2,1H3,(H2-,17,18,19,24,25)/p+1/t7-,8+,10+,11+,14+,27?/m0/s1/i14+2.